The number of carbonyl (C=O) groups excluding carboxylic acids is 1. The molecule has 0 unspecified atom stereocenters. The van der Waals surface area contributed by atoms with Crippen molar-refractivity contribution in [3.8, 4) is 0 Å². The van der Waals surface area contributed by atoms with Gasteiger partial charge in [-0.2, -0.15) is 0 Å². The summed E-state index contributed by atoms with van der Waals surface area (Å²) in [6.07, 6.45) is 2.89. The summed E-state index contributed by atoms with van der Waals surface area (Å²) in [6, 6.07) is 9.22. The van der Waals surface area contributed by atoms with Crippen molar-refractivity contribution in [2.24, 2.45) is 0 Å². The predicted molar refractivity (Wildman–Crippen MR) is 63.1 cm³/mol. The Labute approximate surface area is 97.7 Å². The molecule has 0 fully saturated rings. The van der Waals surface area contributed by atoms with E-state index in [1.807, 2.05) is 25.1 Å². The molecule has 0 saturated carbocycles. The second kappa shape index (κ2) is 3.63. The average Bonchev–Trinajstić information content (AvgIpc) is 2.98. The SMILES string of the molecule is Cc1cccc2cc(C(=O)c3ccoc3)oc12. The number of furan rings is 2. The van der Waals surface area contributed by atoms with Crippen molar-refractivity contribution in [3.63, 3.8) is 0 Å². The van der Waals surface area contributed by atoms with Gasteiger partial charge in [-0.1, -0.05) is 18.2 Å². The van der Waals surface area contributed by atoms with Crippen molar-refractivity contribution < 1.29 is 13.6 Å². The monoisotopic (exact) mass is 226 g/mol. The third kappa shape index (κ3) is 1.56. The normalized spacial score (nSPS) is 10.9. The van der Waals surface area contributed by atoms with Crippen LogP contribution >= 0.6 is 0 Å². The molecule has 0 amide bonds. The first-order valence-electron chi connectivity index (χ1n) is 5.32. The number of benzene rings is 1. The Kier molecular flexibility index (Phi) is 2.11. The number of aryl methyl sites for hydroxylation is 1. The Balaban J connectivity index is 2.13. The molecule has 0 bridgehead atoms. The fraction of sp³-hybridized carbons (Fsp3) is 0.0714. The first-order valence-corrected chi connectivity index (χ1v) is 5.32. The maximum absolute atomic E-state index is 12.0. The van der Waals surface area contributed by atoms with Gasteiger partial charge in [0.25, 0.3) is 0 Å². The summed E-state index contributed by atoms with van der Waals surface area (Å²) in [5.41, 5.74) is 2.29. The number of hydrogen-bond donors (Lipinski definition) is 0. The smallest absolute Gasteiger partial charge is 0.231 e. The van der Waals surface area contributed by atoms with Crippen LogP contribution in [0.1, 0.15) is 21.7 Å². The van der Waals surface area contributed by atoms with Crippen LogP contribution in [0.15, 0.2) is 51.7 Å². The summed E-state index contributed by atoms with van der Waals surface area (Å²) >= 11 is 0. The van der Waals surface area contributed by atoms with Gasteiger partial charge in [-0.3, -0.25) is 4.79 Å². The second-order valence-electron chi connectivity index (χ2n) is 3.95. The number of ketones is 1. The Morgan fingerprint density at radius 2 is 2.12 bits per heavy atom. The molecule has 0 spiro atoms. The molecule has 0 saturated heterocycles. The van der Waals surface area contributed by atoms with Gasteiger partial charge in [0, 0.05) is 5.39 Å². The Hall–Kier alpha value is -2.29. The molecule has 3 heteroatoms. The number of hydrogen-bond acceptors (Lipinski definition) is 3. The fourth-order valence-electron chi connectivity index (χ4n) is 1.86. The highest BCUT2D eigenvalue weighted by Gasteiger charge is 2.15. The summed E-state index contributed by atoms with van der Waals surface area (Å²) < 4.78 is 10.5. The van der Waals surface area contributed by atoms with Gasteiger partial charge in [0.1, 0.15) is 11.8 Å². The Bertz CT molecular complexity index is 675. The first kappa shape index (κ1) is 9.90. The van der Waals surface area contributed by atoms with Crippen LogP contribution in [0, 0.1) is 6.92 Å². The molecule has 3 aromatic rings. The maximum atomic E-state index is 12.0. The minimum absolute atomic E-state index is 0.158. The van der Waals surface area contributed by atoms with E-state index >= 15 is 0 Å². The lowest BCUT2D eigenvalue weighted by Crippen LogP contribution is -1.96. The molecule has 0 aliphatic carbocycles. The quantitative estimate of drug-likeness (QED) is 0.627. The lowest BCUT2D eigenvalue weighted by atomic mass is 10.1. The topological polar surface area (TPSA) is 43.4 Å². The Morgan fingerprint density at radius 3 is 2.82 bits per heavy atom. The third-order valence-electron chi connectivity index (χ3n) is 2.75. The predicted octanol–water partition coefficient (Wildman–Crippen LogP) is 3.57. The lowest BCUT2D eigenvalue weighted by molar-refractivity contribution is 0.101. The van der Waals surface area contributed by atoms with Crippen LogP contribution in [0.25, 0.3) is 11.0 Å². The molecule has 17 heavy (non-hydrogen) atoms. The highest BCUT2D eigenvalue weighted by molar-refractivity contribution is 6.08. The van der Waals surface area contributed by atoms with E-state index < -0.39 is 0 Å². The van der Waals surface area contributed by atoms with Gasteiger partial charge >= 0.3 is 0 Å². The second-order valence-corrected chi connectivity index (χ2v) is 3.95. The summed E-state index contributed by atoms with van der Waals surface area (Å²) in [5, 5.41) is 0.942. The van der Waals surface area contributed by atoms with Crippen LogP contribution in [0.2, 0.25) is 0 Å². The third-order valence-corrected chi connectivity index (χ3v) is 2.75. The summed E-state index contributed by atoms with van der Waals surface area (Å²) in [7, 11) is 0. The molecular formula is C14H10O3. The summed E-state index contributed by atoms with van der Waals surface area (Å²) in [4.78, 5) is 12.0. The number of fused-ring (bicyclic) bond motifs is 1. The van der Waals surface area contributed by atoms with Gasteiger partial charge in [0.05, 0.1) is 11.8 Å². The zero-order valence-corrected chi connectivity index (χ0v) is 9.27. The first-order chi connectivity index (χ1) is 8.25. The molecule has 2 heterocycles. The van der Waals surface area contributed by atoms with Gasteiger partial charge in [-0.05, 0) is 24.6 Å². The van der Waals surface area contributed by atoms with E-state index in [1.54, 1.807) is 12.1 Å². The standard InChI is InChI=1S/C14H10O3/c1-9-3-2-4-10-7-12(17-14(9)10)13(15)11-5-6-16-8-11/h2-8H,1H3. The van der Waals surface area contributed by atoms with Crippen molar-refractivity contribution in [2.45, 2.75) is 6.92 Å². The van der Waals surface area contributed by atoms with Crippen LogP contribution in [-0.4, -0.2) is 5.78 Å². The van der Waals surface area contributed by atoms with E-state index in [4.69, 9.17) is 8.83 Å². The average molecular weight is 226 g/mol. The zero-order chi connectivity index (χ0) is 11.8. The van der Waals surface area contributed by atoms with Gasteiger partial charge < -0.3 is 8.83 Å². The lowest BCUT2D eigenvalue weighted by Gasteiger charge is -1.92. The van der Waals surface area contributed by atoms with Gasteiger partial charge in [-0.15, -0.1) is 0 Å². The highest BCUT2D eigenvalue weighted by Crippen LogP contribution is 2.24. The largest absolute Gasteiger partial charge is 0.472 e. The van der Waals surface area contributed by atoms with E-state index in [2.05, 4.69) is 0 Å². The molecule has 0 aliphatic heterocycles. The Morgan fingerprint density at radius 1 is 1.24 bits per heavy atom. The molecular weight excluding hydrogens is 216 g/mol. The van der Waals surface area contributed by atoms with Crippen molar-refractivity contribution in [3.05, 3.63) is 59.7 Å². The van der Waals surface area contributed by atoms with E-state index in [1.165, 1.54) is 12.5 Å². The molecule has 3 rings (SSSR count). The molecule has 2 aromatic heterocycles. The van der Waals surface area contributed by atoms with Crippen LogP contribution in [0.4, 0.5) is 0 Å². The van der Waals surface area contributed by atoms with Crippen molar-refractivity contribution in [1.29, 1.82) is 0 Å². The van der Waals surface area contributed by atoms with Gasteiger partial charge in [0.15, 0.2) is 5.76 Å². The van der Waals surface area contributed by atoms with Crippen molar-refractivity contribution in [1.82, 2.24) is 0 Å². The van der Waals surface area contributed by atoms with E-state index in [-0.39, 0.29) is 5.78 Å². The van der Waals surface area contributed by atoms with Crippen LogP contribution in [0.3, 0.4) is 0 Å². The maximum Gasteiger partial charge on any atom is 0.231 e. The van der Waals surface area contributed by atoms with Crippen LogP contribution < -0.4 is 0 Å². The minimum Gasteiger partial charge on any atom is -0.472 e. The number of para-hydroxylation sites is 1. The number of rotatable bonds is 2. The summed E-state index contributed by atoms with van der Waals surface area (Å²) in [6.45, 7) is 1.96. The van der Waals surface area contributed by atoms with Crippen molar-refractivity contribution in [2.75, 3.05) is 0 Å². The fourth-order valence-corrected chi connectivity index (χ4v) is 1.86. The number of carbonyl (C=O) groups is 1. The zero-order valence-electron chi connectivity index (χ0n) is 9.27. The minimum atomic E-state index is -0.158. The summed E-state index contributed by atoms with van der Waals surface area (Å²) in [5.74, 6) is 0.185. The molecule has 84 valence electrons. The van der Waals surface area contributed by atoms with Crippen LogP contribution in [0.5, 0.6) is 0 Å². The molecule has 0 aliphatic rings. The van der Waals surface area contributed by atoms with Gasteiger partial charge in [0.2, 0.25) is 5.78 Å². The van der Waals surface area contributed by atoms with Crippen LogP contribution in [-0.2, 0) is 0 Å². The molecule has 0 atom stereocenters. The van der Waals surface area contributed by atoms with E-state index in [9.17, 15) is 4.79 Å². The molecule has 1 aromatic carbocycles. The van der Waals surface area contributed by atoms with Crippen molar-refractivity contribution >= 4 is 16.8 Å². The molecule has 3 nitrogen and oxygen atoms in total. The van der Waals surface area contributed by atoms with E-state index in [0.29, 0.717) is 11.3 Å². The molecule has 0 N–H and O–H groups in total. The van der Waals surface area contributed by atoms with E-state index in [0.717, 1.165) is 16.5 Å². The van der Waals surface area contributed by atoms with Gasteiger partial charge in [-0.25, -0.2) is 0 Å². The molecule has 0 radical (unpaired) electrons. The highest BCUT2D eigenvalue weighted by atomic mass is 16.3.